The van der Waals surface area contributed by atoms with Crippen LogP contribution in [0.4, 0.5) is 4.79 Å². The Kier molecular flexibility index (Phi) is 5.01. The summed E-state index contributed by atoms with van der Waals surface area (Å²) in [4.78, 5) is 13.5. The van der Waals surface area contributed by atoms with Crippen LogP contribution in [0, 0.1) is 5.92 Å². The molecule has 23 heavy (non-hydrogen) atoms. The molecule has 0 atom stereocenters. The molecular weight excluding hydrogens is 290 g/mol. The fourth-order valence-corrected chi connectivity index (χ4v) is 2.97. The summed E-state index contributed by atoms with van der Waals surface area (Å²) in [6.07, 6.45) is 1.74. The second-order valence-electron chi connectivity index (χ2n) is 5.95. The van der Waals surface area contributed by atoms with Crippen LogP contribution in [0.5, 0.6) is 5.75 Å². The summed E-state index contributed by atoms with van der Waals surface area (Å²) in [5.41, 5.74) is 0. The lowest BCUT2D eigenvalue weighted by molar-refractivity contribution is 0.0845. The summed E-state index contributed by atoms with van der Waals surface area (Å²) in [6, 6.07) is 14.5. The van der Waals surface area contributed by atoms with Gasteiger partial charge in [-0.15, -0.1) is 0 Å². The number of carbonyl (C=O) groups excluding carboxylic acids is 1. The first-order valence-electron chi connectivity index (χ1n) is 8.29. The highest BCUT2D eigenvalue weighted by Crippen LogP contribution is 2.23. The number of likely N-dealkylation sites (tertiary alicyclic amines) is 1. The lowest BCUT2D eigenvalue weighted by atomic mass is 9.98. The van der Waals surface area contributed by atoms with Gasteiger partial charge in [0.05, 0.1) is 13.2 Å². The zero-order chi connectivity index (χ0) is 16.1. The van der Waals surface area contributed by atoms with Crippen molar-refractivity contribution in [2.24, 2.45) is 5.92 Å². The van der Waals surface area contributed by atoms with Crippen LogP contribution >= 0.6 is 0 Å². The summed E-state index contributed by atoms with van der Waals surface area (Å²) in [6.45, 7) is 4.48. The van der Waals surface area contributed by atoms with Crippen molar-refractivity contribution in [3.8, 4) is 5.75 Å². The van der Waals surface area contributed by atoms with Gasteiger partial charge in [-0.05, 0) is 48.6 Å². The van der Waals surface area contributed by atoms with Crippen LogP contribution < -0.4 is 4.74 Å². The highest BCUT2D eigenvalue weighted by molar-refractivity contribution is 5.83. The molecule has 1 aliphatic rings. The number of hydrogen-bond acceptors (Lipinski definition) is 3. The van der Waals surface area contributed by atoms with Crippen LogP contribution in [0.25, 0.3) is 10.8 Å². The van der Waals surface area contributed by atoms with Crippen LogP contribution in [0.15, 0.2) is 42.5 Å². The van der Waals surface area contributed by atoms with Gasteiger partial charge in [0.25, 0.3) is 0 Å². The maximum atomic E-state index is 11.7. The molecule has 0 aliphatic carbocycles. The number of benzene rings is 2. The average molecular weight is 313 g/mol. The molecule has 0 radical (unpaired) electrons. The summed E-state index contributed by atoms with van der Waals surface area (Å²) >= 11 is 0. The van der Waals surface area contributed by atoms with E-state index in [1.54, 1.807) is 4.90 Å². The molecule has 0 unspecified atom stereocenters. The van der Waals surface area contributed by atoms with Crippen molar-refractivity contribution < 1.29 is 14.3 Å². The van der Waals surface area contributed by atoms with E-state index >= 15 is 0 Å². The minimum atomic E-state index is -0.193. The Morgan fingerprint density at radius 1 is 1.13 bits per heavy atom. The molecule has 1 amide bonds. The molecule has 0 aromatic heterocycles. The molecule has 1 fully saturated rings. The quantitative estimate of drug-likeness (QED) is 0.853. The van der Waals surface area contributed by atoms with Crippen LogP contribution in [0.3, 0.4) is 0 Å². The molecular formula is C19H23NO3. The van der Waals surface area contributed by atoms with Crippen LogP contribution in [-0.2, 0) is 4.74 Å². The molecule has 1 saturated heterocycles. The van der Waals surface area contributed by atoms with Gasteiger partial charge in [-0.2, -0.15) is 0 Å². The van der Waals surface area contributed by atoms with Crippen molar-refractivity contribution in [2.75, 3.05) is 26.3 Å². The second-order valence-corrected chi connectivity index (χ2v) is 5.95. The Hall–Kier alpha value is -2.23. The van der Waals surface area contributed by atoms with Gasteiger partial charge in [-0.1, -0.05) is 30.3 Å². The van der Waals surface area contributed by atoms with E-state index in [4.69, 9.17) is 9.47 Å². The van der Waals surface area contributed by atoms with Crippen molar-refractivity contribution in [1.82, 2.24) is 4.90 Å². The molecule has 4 heteroatoms. The third-order valence-corrected chi connectivity index (χ3v) is 4.35. The normalized spacial score (nSPS) is 15.6. The Bertz CT molecular complexity index is 662. The van der Waals surface area contributed by atoms with Crippen molar-refractivity contribution in [2.45, 2.75) is 19.8 Å². The van der Waals surface area contributed by atoms with Gasteiger partial charge in [0.2, 0.25) is 0 Å². The van der Waals surface area contributed by atoms with E-state index in [0.29, 0.717) is 19.1 Å². The van der Waals surface area contributed by atoms with E-state index in [-0.39, 0.29) is 6.09 Å². The zero-order valence-corrected chi connectivity index (χ0v) is 13.5. The highest BCUT2D eigenvalue weighted by Gasteiger charge is 2.23. The monoisotopic (exact) mass is 313 g/mol. The average Bonchev–Trinajstić information content (AvgIpc) is 2.60. The fraction of sp³-hybridized carbons (Fsp3) is 0.421. The smallest absolute Gasteiger partial charge is 0.409 e. The van der Waals surface area contributed by atoms with Crippen LogP contribution in [0.1, 0.15) is 19.8 Å². The van der Waals surface area contributed by atoms with Crippen LogP contribution in [-0.4, -0.2) is 37.3 Å². The number of amides is 1. The summed E-state index contributed by atoms with van der Waals surface area (Å²) in [5, 5.41) is 2.42. The Morgan fingerprint density at radius 3 is 2.61 bits per heavy atom. The van der Waals surface area contributed by atoms with Crippen molar-refractivity contribution in [3.05, 3.63) is 42.5 Å². The first kappa shape index (κ1) is 15.7. The topological polar surface area (TPSA) is 38.8 Å². The predicted octanol–water partition coefficient (Wildman–Crippen LogP) is 4.09. The van der Waals surface area contributed by atoms with E-state index in [2.05, 4.69) is 24.3 Å². The molecule has 2 aromatic carbocycles. The van der Waals surface area contributed by atoms with E-state index in [1.165, 1.54) is 10.8 Å². The van der Waals surface area contributed by atoms with Gasteiger partial charge in [-0.3, -0.25) is 0 Å². The Labute approximate surface area is 137 Å². The number of rotatable bonds is 4. The van der Waals surface area contributed by atoms with Gasteiger partial charge >= 0.3 is 6.09 Å². The fourth-order valence-electron chi connectivity index (χ4n) is 2.97. The molecule has 4 nitrogen and oxygen atoms in total. The first-order valence-corrected chi connectivity index (χ1v) is 8.29. The number of hydrogen-bond donors (Lipinski definition) is 0. The lowest BCUT2D eigenvalue weighted by Crippen LogP contribution is -2.40. The molecule has 122 valence electrons. The van der Waals surface area contributed by atoms with Gasteiger partial charge in [0, 0.05) is 13.1 Å². The molecule has 1 aliphatic heterocycles. The number of piperidine rings is 1. The SMILES string of the molecule is CCOC(=O)N1CCC(COc2ccc3ccccc3c2)CC1. The third kappa shape index (κ3) is 3.95. The van der Waals surface area contributed by atoms with Gasteiger partial charge in [0.1, 0.15) is 5.75 Å². The van der Waals surface area contributed by atoms with E-state index < -0.39 is 0 Å². The van der Waals surface area contributed by atoms with Gasteiger partial charge in [-0.25, -0.2) is 4.79 Å². The minimum Gasteiger partial charge on any atom is -0.493 e. The van der Waals surface area contributed by atoms with Crippen molar-refractivity contribution in [1.29, 1.82) is 0 Å². The molecule has 2 aromatic rings. The first-order chi connectivity index (χ1) is 11.3. The predicted molar refractivity (Wildman–Crippen MR) is 90.8 cm³/mol. The maximum absolute atomic E-state index is 11.7. The lowest BCUT2D eigenvalue weighted by Gasteiger charge is -2.31. The molecule has 0 spiro atoms. The molecule has 3 rings (SSSR count). The molecule has 1 heterocycles. The summed E-state index contributed by atoms with van der Waals surface area (Å²) in [7, 11) is 0. The maximum Gasteiger partial charge on any atom is 0.409 e. The van der Waals surface area contributed by atoms with Crippen molar-refractivity contribution in [3.63, 3.8) is 0 Å². The van der Waals surface area contributed by atoms with E-state index in [0.717, 1.165) is 31.7 Å². The molecule has 0 bridgehead atoms. The van der Waals surface area contributed by atoms with Crippen LogP contribution in [0.2, 0.25) is 0 Å². The standard InChI is InChI=1S/C19H23NO3/c1-2-22-19(21)20-11-9-15(10-12-20)14-23-18-8-7-16-5-3-4-6-17(16)13-18/h3-8,13,15H,2,9-12,14H2,1H3. The van der Waals surface area contributed by atoms with Gasteiger partial charge < -0.3 is 14.4 Å². The van der Waals surface area contributed by atoms with Gasteiger partial charge in [0.15, 0.2) is 0 Å². The second kappa shape index (κ2) is 7.36. The number of fused-ring (bicyclic) bond motifs is 1. The van der Waals surface area contributed by atoms with E-state index in [9.17, 15) is 4.79 Å². The number of carbonyl (C=O) groups is 1. The number of ether oxygens (including phenoxy) is 2. The highest BCUT2D eigenvalue weighted by atomic mass is 16.6. The molecule has 0 saturated carbocycles. The summed E-state index contributed by atoms with van der Waals surface area (Å²) in [5.74, 6) is 1.41. The zero-order valence-electron chi connectivity index (χ0n) is 13.5. The Morgan fingerprint density at radius 2 is 1.87 bits per heavy atom. The largest absolute Gasteiger partial charge is 0.493 e. The minimum absolute atomic E-state index is 0.193. The van der Waals surface area contributed by atoms with E-state index in [1.807, 2.05) is 25.1 Å². The Balaban J connectivity index is 1.50. The molecule has 0 N–H and O–H groups in total. The van der Waals surface area contributed by atoms with Crippen molar-refractivity contribution >= 4 is 16.9 Å². The summed E-state index contributed by atoms with van der Waals surface area (Å²) < 4.78 is 11.0. The number of nitrogens with zero attached hydrogens (tertiary/aromatic N) is 1. The third-order valence-electron chi connectivity index (χ3n) is 4.35.